The molecule has 2 nitrogen and oxygen atoms in total. The van der Waals surface area contributed by atoms with Crippen molar-refractivity contribution in [3.8, 4) is 0 Å². The summed E-state index contributed by atoms with van der Waals surface area (Å²) < 4.78 is 4.91. The summed E-state index contributed by atoms with van der Waals surface area (Å²) in [7, 11) is 0. The first-order valence-corrected chi connectivity index (χ1v) is 7.04. The van der Waals surface area contributed by atoms with Gasteiger partial charge in [-0.15, -0.1) is 0 Å². The standard InChI is InChI=1S/C12H8N2.Eu/c1-3-9-5-6-10-4-2-8-14-12(10)11(9)13-7-1;/h1-8H;/q-2;+2. The van der Waals surface area contributed by atoms with Crippen LogP contribution in [0.1, 0.15) is 0 Å². The molecule has 0 radical (unpaired) electrons. The molecule has 0 amide bonds. The van der Waals surface area contributed by atoms with Crippen LogP contribution < -0.4 is 10.1 Å². The van der Waals surface area contributed by atoms with Gasteiger partial charge >= 0.3 is 116 Å². The van der Waals surface area contributed by atoms with E-state index in [2.05, 4.69) is 48.5 Å². The number of benzene rings is 1. The van der Waals surface area contributed by atoms with Crippen molar-refractivity contribution in [3.05, 3.63) is 47.1 Å². The quantitative estimate of drug-likeness (QED) is 0.695. The van der Waals surface area contributed by atoms with Gasteiger partial charge in [0.1, 0.15) is 0 Å². The first-order valence-electron chi connectivity index (χ1n) is 4.87. The molecule has 0 N–H and O–H groups in total. The fourth-order valence-electron chi connectivity index (χ4n) is 2.14. The van der Waals surface area contributed by atoms with Crippen LogP contribution in [0.3, 0.4) is 0 Å². The molecule has 0 aliphatic carbocycles. The van der Waals surface area contributed by atoms with Crippen LogP contribution in [0.5, 0.6) is 0 Å². The van der Waals surface area contributed by atoms with E-state index in [-0.39, 0.29) is 0 Å². The first kappa shape index (κ1) is 8.74. The Balaban J connectivity index is 2.23. The van der Waals surface area contributed by atoms with E-state index in [1.807, 2.05) is 0 Å². The molecule has 0 fully saturated rings. The fraction of sp³-hybridized carbons (Fsp3) is 0. The van der Waals surface area contributed by atoms with Gasteiger partial charge in [0.15, 0.2) is 0 Å². The second kappa shape index (κ2) is 3.06. The average molecular weight is 332 g/mol. The topological polar surface area (TPSA) is 6.48 Å². The molecule has 0 saturated carbocycles. The Morgan fingerprint density at radius 3 is 1.87 bits per heavy atom. The number of hydrogen-bond donors (Lipinski definition) is 0. The van der Waals surface area contributed by atoms with Crippen LogP contribution in [0, 0.1) is 45.5 Å². The van der Waals surface area contributed by atoms with E-state index in [1.54, 1.807) is 0 Å². The predicted octanol–water partition coefficient (Wildman–Crippen LogP) is 0.844. The van der Waals surface area contributed by atoms with Crippen LogP contribution in [0.25, 0.3) is 12.2 Å². The van der Waals surface area contributed by atoms with E-state index in [1.165, 1.54) is 21.8 Å². The molecular weight excluding hydrogens is 324 g/mol. The van der Waals surface area contributed by atoms with Crippen molar-refractivity contribution in [3.63, 3.8) is 0 Å². The van der Waals surface area contributed by atoms with E-state index in [4.69, 9.17) is 0 Å². The summed E-state index contributed by atoms with van der Waals surface area (Å²) >= 11 is -0.500. The van der Waals surface area contributed by atoms with Crippen LogP contribution >= 0.6 is 0 Å². The molecule has 1 aromatic rings. The fourth-order valence-corrected chi connectivity index (χ4v) is 5.06. The molecule has 1 aromatic carbocycles. The molecule has 0 bridgehead atoms. The molecule has 0 atom stereocenters. The summed E-state index contributed by atoms with van der Waals surface area (Å²) in [6.45, 7) is 0. The summed E-state index contributed by atoms with van der Waals surface area (Å²) in [5.41, 5.74) is 2.85. The van der Waals surface area contributed by atoms with Gasteiger partial charge in [-0.2, -0.15) is 0 Å². The van der Waals surface area contributed by atoms with Crippen molar-refractivity contribution in [2.75, 3.05) is -0.309 Å². The van der Waals surface area contributed by atoms with Crippen molar-refractivity contribution in [1.29, 1.82) is 0 Å². The van der Waals surface area contributed by atoms with Gasteiger partial charge in [0.2, 0.25) is 0 Å². The Morgan fingerprint density at radius 2 is 1.33 bits per heavy atom. The molecule has 15 heavy (non-hydrogen) atoms. The zero-order valence-electron chi connectivity index (χ0n) is 7.89. The SMILES string of the molecule is C1=C[N]2[Eu][N]3C=CC=c4ccc(c2c43)=C1. The van der Waals surface area contributed by atoms with Crippen LogP contribution in [-0.2, 0) is 0 Å². The van der Waals surface area contributed by atoms with Crippen molar-refractivity contribution in [2.24, 2.45) is 0 Å². The van der Waals surface area contributed by atoms with Crippen molar-refractivity contribution in [1.82, 2.24) is 0 Å². The number of nitrogens with zero attached hydrogens (tertiary/aromatic N) is 2. The molecule has 0 aromatic heterocycles. The van der Waals surface area contributed by atoms with Crippen LogP contribution in [0.2, 0.25) is 0 Å². The Hall–Kier alpha value is -0.376. The molecule has 3 aliphatic rings. The number of allylic oxidation sites excluding steroid dienone is 2. The van der Waals surface area contributed by atoms with Gasteiger partial charge in [-0.3, -0.25) is 0 Å². The van der Waals surface area contributed by atoms with Gasteiger partial charge in [-0.05, 0) is 0 Å². The van der Waals surface area contributed by atoms with Gasteiger partial charge < -0.3 is 0 Å². The average Bonchev–Trinajstić information content (AvgIpc) is 2.66. The molecule has 3 heteroatoms. The van der Waals surface area contributed by atoms with E-state index in [9.17, 15) is 0 Å². The molecule has 73 valence electrons. The predicted molar refractivity (Wildman–Crippen MR) is 57.9 cm³/mol. The van der Waals surface area contributed by atoms with Gasteiger partial charge in [-0.1, -0.05) is 0 Å². The summed E-state index contributed by atoms with van der Waals surface area (Å²) in [4.78, 5) is 0. The van der Waals surface area contributed by atoms with E-state index >= 15 is 0 Å². The molecule has 3 heterocycles. The van der Waals surface area contributed by atoms with Crippen LogP contribution in [0.4, 0.5) is 11.4 Å². The van der Waals surface area contributed by atoms with Crippen LogP contribution in [0.15, 0.2) is 36.7 Å². The normalized spacial score (nSPS) is 18.7. The third-order valence-electron chi connectivity index (χ3n) is 2.79. The Morgan fingerprint density at radius 1 is 0.800 bits per heavy atom. The molecule has 0 unspecified atom stereocenters. The number of hydrogen-bond acceptors (Lipinski definition) is 2. The maximum absolute atomic E-state index is 2.46. The first-order chi connectivity index (χ1) is 7.43. The molecule has 0 saturated heterocycles. The molecule has 3 aliphatic heterocycles. The van der Waals surface area contributed by atoms with Crippen molar-refractivity contribution >= 4 is 23.5 Å². The third-order valence-corrected chi connectivity index (χ3v) is 5.64. The second-order valence-corrected chi connectivity index (χ2v) is 6.48. The summed E-state index contributed by atoms with van der Waals surface area (Å²) in [5, 5.41) is 2.72. The summed E-state index contributed by atoms with van der Waals surface area (Å²) in [6.07, 6.45) is 13.1. The Labute approximate surface area is 114 Å². The minimum absolute atomic E-state index is 0.500. The summed E-state index contributed by atoms with van der Waals surface area (Å²) in [6, 6.07) is 4.45. The van der Waals surface area contributed by atoms with Gasteiger partial charge in [0.25, 0.3) is 0 Å². The third kappa shape index (κ3) is 1.12. The van der Waals surface area contributed by atoms with Gasteiger partial charge in [0, 0.05) is 0 Å². The van der Waals surface area contributed by atoms with Crippen molar-refractivity contribution in [2.45, 2.75) is 0 Å². The van der Waals surface area contributed by atoms with Gasteiger partial charge in [0.05, 0.1) is 0 Å². The minimum atomic E-state index is -0.500. The summed E-state index contributed by atoms with van der Waals surface area (Å²) in [5.74, 6) is 0. The monoisotopic (exact) mass is 333 g/mol. The zero-order valence-corrected chi connectivity index (χ0v) is 10.3. The maximum atomic E-state index is 2.46. The van der Waals surface area contributed by atoms with Crippen molar-refractivity contribution < 1.29 is 45.5 Å². The van der Waals surface area contributed by atoms with E-state index < -0.39 is 45.5 Å². The van der Waals surface area contributed by atoms with E-state index in [0.717, 1.165) is 0 Å². The number of rotatable bonds is 0. The second-order valence-electron chi connectivity index (χ2n) is 3.66. The molecule has 0 spiro atoms. The molecular formula is C12H8EuN2. The Kier molecular flexibility index (Phi) is 1.78. The zero-order chi connectivity index (χ0) is 9.83. The Bertz CT molecular complexity index is 573. The number of anilines is 2. The van der Waals surface area contributed by atoms with Crippen LogP contribution in [-0.4, -0.2) is 0 Å². The molecule has 4 rings (SSSR count). The van der Waals surface area contributed by atoms with Gasteiger partial charge in [-0.25, -0.2) is 0 Å². The van der Waals surface area contributed by atoms with E-state index in [0.29, 0.717) is 0 Å².